The summed E-state index contributed by atoms with van der Waals surface area (Å²) >= 11 is 0. The maximum Gasteiger partial charge on any atom is 0.282 e. The minimum Gasteiger partial charge on any atom is -0.292 e. The minimum atomic E-state index is -1.07. The molecular weight excluding hydrogens is 472 g/mol. The fourth-order valence-electron chi connectivity index (χ4n) is 4.55. The summed E-state index contributed by atoms with van der Waals surface area (Å²) in [6.45, 7) is 0.972. The van der Waals surface area contributed by atoms with E-state index in [2.05, 4.69) is 0 Å². The van der Waals surface area contributed by atoms with E-state index in [1.165, 1.54) is 30.3 Å². The third-order valence-corrected chi connectivity index (χ3v) is 6.35. The number of nitrogens with zero attached hydrogens (tertiary/aromatic N) is 4. The van der Waals surface area contributed by atoms with E-state index in [0.29, 0.717) is 10.0 Å². The van der Waals surface area contributed by atoms with Gasteiger partial charge in [-0.3, -0.25) is 39.4 Å². The molecule has 0 aromatic heterocycles. The summed E-state index contributed by atoms with van der Waals surface area (Å²) in [4.78, 5) is 74.3. The van der Waals surface area contributed by atoms with Crippen LogP contribution in [0.2, 0.25) is 0 Å². The first kappa shape index (κ1) is 24.4. The molecular formula is C24H20N4O8. The molecule has 1 aliphatic carbocycles. The molecule has 12 nitrogen and oxygen atoms in total. The van der Waals surface area contributed by atoms with Gasteiger partial charge in [0.2, 0.25) is 0 Å². The maximum atomic E-state index is 13.6. The Hall–Kier alpha value is -4.74. The number of hydrogen-bond acceptors (Lipinski definition) is 8. The molecule has 0 saturated carbocycles. The first-order valence-corrected chi connectivity index (χ1v) is 11.0. The van der Waals surface area contributed by atoms with E-state index in [4.69, 9.17) is 0 Å². The van der Waals surface area contributed by atoms with Crippen molar-refractivity contribution < 1.29 is 29.0 Å². The molecule has 0 radical (unpaired) electrons. The molecule has 1 fully saturated rings. The van der Waals surface area contributed by atoms with Crippen molar-refractivity contribution in [1.82, 2.24) is 10.0 Å². The number of hydrazine groups is 1. The zero-order valence-electron chi connectivity index (χ0n) is 19.0. The second-order valence-electron chi connectivity index (χ2n) is 8.51. The van der Waals surface area contributed by atoms with Gasteiger partial charge in [0.05, 0.1) is 21.7 Å². The number of nitro groups is 2. The van der Waals surface area contributed by atoms with Crippen LogP contribution < -0.4 is 0 Å². The van der Waals surface area contributed by atoms with Gasteiger partial charge in [0, 0.05) is 23.8 Å². The van der Waals surface area contributed by atoms with Crippen molar-refractivity contribution in [2.24, 2.45) is 17.8 Å². The van der Waals surface area contributed by atoms with Gasteiger partial charge in [-0.2, -0.15) is 5.01 Å². The number of benzene rings is 2. The number of carbonyl (C=O) groups excluding carboxylic acids is 4. The third-order valence-electron chi connectivity index (χ3n) is 6.35. The quantitative estimate of drug-likeness (QED) is 0.187. The van der Waals surface area contributed by atoms with Crippen molar-refractivity contribution in [3.63, 3.8) is 0 Å². The molecule has 2 aromatic carbocycles. The van der Waals surface area contributed by atoms with Crippen molar-refractivity contribution in [1.29, 1.82) is 0 Å². The number of hydrogen-bond donors (Lipinski definition) is 0. The minimum absolute atomic E-state index is 0.00694. The van der Waals surface area contributed by atoms with Gasteiger partial charge in [0.1, 0.15) is 12.1 Å². The zero-order valence-corrected chi connectivity index (χ0v) is 19.0. The molecule has 1 aliphatic heterocycles. The predicted molar refractivity (Wildman–Crippen MR) is 123 cm³/mol. The standard InChI is InChI=1S/C24H20N4O8/c1-14-5-4-7-18-21(14)24(32)26(23(18)31)25(22(30)17-6-2-3-8-19(17)28(35)36)13-20(29)15-9-11-16(12-10-15)27(33)34/h2-6,8-12,14,18,21H,7,13H2,1H3/t14-,18+,21-/m1/s1. The molecule has 184 valence electrons. The van der Waals surface area contributed by atoms with Crippen molar-refractivity contribution in [2.75, 3.05) is 6.54 Å². The van der Waals surface area contributed by atoms with E-state index in [0.717, 1.165) is 18.2 Å². The highest BCUT2D eigenvalue weighted by atomic mass is 16.6. The van der Waals surface area contributed by atoms with Crippen LogP contribution in [-0.2, 0) is 9.59 Å². The molecule has 2 aromatic rings. The topological polar surface area (TPSA) is 161 Å². The maximum absolute atomic E-state index is 13.6. The van der Waals surface area contributed by atoms with E-state index >= 15 is 0 Å². The van der Waals surface area contributed by atoms with E-state index in [-0.39, 0.29) is 23.6 Å². The summed E-state index contributed by atoms with van der Waals surface area (Å²) in [6, 6.07) is 9.60. The highest BCUT2D eigenvalue weighted by Crippen LogP contribution is 2.39. The number of carbonyl (C=O) groups is 4. The number of Topliss-reactive ketones (excluding diaryl/α,β-unsaturated/α-hetero) is 1. The highest BCUT2D eigenvalue weighted by molar-refractivity contribution is 6.10. The van der Waals surface area contributed by atoms with E-state index in [1.54, 1.807) is 19.1 Å². The van der Waals surface area contributed by atoms with Crippen molar-refractivity contribution in [2.45, 2.75) is 13.3 Å². The van der Waals surface area contributed by atoms with Gasteiger partial charge in [0.15, 0.2) is 5.78 Å². The van der Waals surface area contributed by atoms with Gasteiger partial charge in [-0.05, 0) is 30.5 Å². The highest BCUT2D eigenvalue weighted by Gasteiger charge is 2.53. The molecule has 0 spiro atoms. The van der Waals surface area contributed by atoms with Gasteiger partial charge in [-0.25, -0.2) is 5.01 Å². The van der Waals surface area contributed by atoms with Crippen LogP contribution in [0.15, 0.2) is 60.7 Å². The molecule has 4 rings (SSSR count). The lowest BCUT2D eigenvalue weighted by Crippen LogP contribution is -2.52. The van der Waals surface area contributed by atoms with Gasteiger partial charge >= 0.3 is 0 Å². The zero-order chi connectivity index (χ0) is 26.1. The first-order valence-electron chi connectivity index (χ1n) is 11.0. The Morgan fingerprint density at radius 1 is 1.00 bits per heavy atom. The Kier molecular flexibility index (Phi) is 6.43. The van der Waals surface area contributed by atoms with E-state index < -0.39 is 63.0 Å². The normalized spacial score (nSPS) is 20.7. The van der Waals surface area contributed by atoms with Crippen molar-refractivity contribution in [3.8, 4) is 0 Å². The number of ketones is 1. The summed E-state index contributed by atoms with van der Waals surface area (Å²) < 4.78 is 0. The number of non-ortho nitro benzene ring substituents is 1. The van der Waals surface area contributed by atoms with Crippen LogP contribution in [0, 0.1) is 38.0 Å². The second-order valence-corrected chi connectivity index (χ2v) is 8.51. The Labute approximate surface area is 204 Å². The lowest BCUT2D eigenvalue weighted by molar-refractivity contribution is -0.385. The number of amides is 3. The lowest BCUT2D eigenvalue weighted by atomic mass is 9.78. The number of para-hydroxylation sites is 1. The first-order chi connectivity index (χ1) is 17.1. The summed E-state index contributed by atoms with van der Waals surface area (Å²) in [5.41, 5.74) is -1.22. The SMILES string of the molecule is C[C@@H]1C=CC[C@@H]2C(=O)N(N(CC(=O)c3ccc([N+](=O)[O-])cc3)C(=O)c3ccccc3[N+](=O)[O-])C(=O)[C@H]12. The summed E-state index contributed by atoms with van der Waals surface area (Å²) in [5, 5.41) is 23.7. The monoisotopic (exact) mass is 492 g/mol. The number of imide groups is 1. The number of allylic oxidation sites excluding steroid dienone is 2. The van der Waals surface area contributed by atoms with Crippen LogP contribution in [0.25, 0.3) is 0 Å². The average molecular weight is 492 g/mol. The number of nitro benzene ring substituents is 2. The van der Waals surface area contributed by atoms with Crippen LogP contribution in [-0.4, -0.2) is 49.9 Å². The van der Waals surface area contributed by atoms with E-state index in [9.17, 15) is 39.4 Å². The molecule has 36 heavy (non-hydrogen) atoms. The molecule has 0 N–H and O–H groups in total. The smallest absolute Gasteiger partial charge is 0.282 e. The number of fused-ring (bicyclic) bond motifs is 1. The largest absolute Gasteiger partial charge is 0.292 e. The van der Waals surface area contributed by atoms with Crippen LogP contribution in [0.3, 0.4) is 0 Å². The predicted octanol–water partition coefficient (Wildman–Crippen LogP) is 2.94. The van der Waals surface area contributed by atoms with Crippen LogP contribution in [0.1, 0.15) is 34.1 Å². The molecule has 0 bridgehead atoms. The van der Waals surface area contributed by atoms with Crippen LogP contribution in [0.5, 0.6) is 0 Å². The average Bonchev–Trinajstić information content (AvgIpc) is 3.12. The van der Waals surface area contributed by atoms with Crippen LogP contribution in [0.4, 0.5) is 11.4 Å². The Bertz CT molecular complexity index is 1320. The molecule has 0 unspecified atom stereocenters. The summed E-state index contributed by atoms with van der Waals surface area (Å²) in [6.07, 6.45) is 3.85. The fraction of sp³-hybridized carbons (Fsp3) is 0.250. The van der Waals surface area contributed by atoms with Gasteiger partial charge in [-0.15, -0.1) is 0 Å². The van der Waals surface area contributed by atoms with Crippen molar-refractivity contribution in [3.05, 3.63) is 92.0 Å². The Morgan fingerprint density at radius 3 is 2.28 bits per heavy atom. The third kappa shape index (κ3) is 4.24. The number of rotatable bonds is 7. The van der Waals surface area contributed by atoms with Gasteiger partial charge < -0.3 is 0 Å². The Balaban J connectivity index is 1.74. The van der Waals surface area contributed by atoms with Gasteiger partial charge in [0.25, 0.3) is 29.1 Å². The van der Waals surface area contributed by atoms with Crippen molar-refractivity contribution >= 4 is 34.9 Å². The molecule has 2 aliphatic rings. The fourth-order valence-corrected chi connectivity index (χ4v) is 4.55. The van der Waals surface area contributed by atoms with Crippen LogP contribution >= 0.6 is 0 Å². The summed E-state index contributed by atoms with van der Waals surface area (Å²) in [5.74, 6) is -4.91. The molecule has 3 atom stereocenters. The molecule has 1 heterocycles. The Morgan fingerprint density at radius 2 is 1.67 bits per heavy atom. The van der Waals surface area contributed by atoms with Gasteiger partial charge in [-0.1, -0.05) is 31.2 Å². The summed E-state index contributed by atoms with van der Waals surface area (Å²) in [7, 11) is 0. The lowest BCUT2D eigenvalue weighted by Gasteiger charge is -2.30. The van der Waals surface area contributed by atoms with E-state index in [1.807, 2.05) is 0 Å². The molecule has 3 amide bonds. The second kappa shape index (κ2) is 9.49. The molecule has 12 heteroatoms. The molecule has 1 saturated heterocycles.